The zero-order valence-corrected chi connectivity index (χ0v) is 27.5. The summed E-state index contributed by atoms with van der Waals surface area (Å²) in [5.74, 6) is 13.4. The SMILES string of the molecule is O=C(O)COc1ccc(SCC=C(c2ccc(C#Cc3cccs3)cc2)c2ccc(C#Cc3cccs3)cc2)cc1CI. The van der Waals surface area contributed by atoms with Crippen LogP contribution in [-0.2, 0) is 9.22 Å². The van der Waals surface area contributed by atoms with Gasteiger partial charge in [0.2, 0.25) is 0 Å². The molecule has 2 aromatic heterocycles. The van der Waals surface area contributed by atoms with E-state index >= 15 is 0 Å². The van der Waals surface area contributed by atoms with Gasteiger partial charge < -0.3 is 9.84 Å². The number of aliphatic carboxylic acids is 1. The molecule has 0 aliphatic carbocycles. The minimum atomic E-state index is -0.985. The molecule has 0 unspecified atom stereocenters. The van der Waals surface area contributed by atoms with Crippen LogP contribution in [0.2, 0.25) is 0 Å². The highest BCUT2D eigenvalue weighted by molar-refractivity contribution is 14.1. The van der Waals surface area contributed by atoms with Gasteiger partial charge in [-0.05, 0) is 82.1 Å². The van der Waals surface area contributed by atoms with E-state index in [1.807, 2.05) is 47.2 Å². The molecule has 0 aliphatic heterocycles. The molecular formula is C36H25IO3S3. The van der Waals surface area contributed by atoms with Gasteiger partial charge in [-0.15, -0.1) is 34.4 Å². The first kappa shape index (κ1) is 30.7. The molecule has 1 N–H and O–H groups in total. The molecule has 0 aliphatic rings. The number of ether oxygens (including phenoxy) is 1. The Labute approximate surface area is 277 Å². The summed E-state index contributed by atoms with van der Waals surface area (Å²) in [4.78, 5) is 14.1. The average molecular weight is 729 g/mol. The third-order valence-electron chi connectivity index (χ3n) is 6.16. The van der Waals surface area contributed by atoms with Gasteiger partial charge in [-0.2, -0.15) is 0 Å². The first-order chi connectivity index (χ1) is 21.1. The quantitative estimate of drug-likeness (QED) is 0.0712. The Balaban J connectivity index is 1.38. The van der Waals surface area contributed by atoms with E-state index < -0.39 is 5.97 Å². The van der Waals surface area contributed by atoms with E-state index in [1.54, 1.807) is 34.4 Å². The van der Waals surface area contributed by atoms with Crippen LogP contribution in [0.25, 0.3) is 5.57 Å². The van der Waals surface area contributed by atoms with Crippen molar-refractivity contribution in [3.63, 3.8) is 0 Å². The highest BCUT2D eigenvalue weighted by Crippen LogP contribution is 2.30. The van der Waals surface area contributed by atoms with Gasteiger partial charge in [0.25, 0.3) is 0 Å². The summed E-state index contributed by atoms with van der Waals surface area (Å²) in [7, 11) is 0. The van der Waals surface area contributed by atoms with Gasteiger partial charge >= 0.3 is 5.97 Å². The highest BCUT2D eigenvalue weighted by atomic mass is 127. The van der Waals surface area contributed by atoms with Gasteiger partial charge in [-0.3, -0.25) is 0 Å². The molecule has 212 valence electrons. The molecule has 3 aromatic carbocycles. The third kappa shape index (κ3) is 9.13. The first-order valence-electron chi connectivity index (χ1n) is 13.3. The zero-order valence-electron chi connectivity index (χ0n) is 22.9. The molecule has 43 heavy (non-hydrogen) atoms. The van der Waals surface area contributed by atoms with Gasteiger partial charge in [0.15, 0.2) is 6.61 Å². The lowest BCUT2D eigenvalue weighted by Gasteiger charge is -2.11. The topological polar surface area (TPSA) is 46.5 Å². The second kappa shape index (κ2) is 15.7. The van der Waals surface area contributed by atoms with E-state index in [1.165, 1.54) is 0 Å². The minimum Gasteiger partial charge on any atom is -0.482 e. The molecule has 0 atom stereocenters. The lowest BCUT2D eigenvalue weighted by atomic mass is 9.96. The van der Waals surface area contributed by atoms with Crippen LogP contribution in [0.3, 0.4) is 0 Å². The van der Waals surface area contributed by atoms with E-state index in [0.29, 0.717) is 5.75 Å². The summed E-state index contributed by atoms with van der Waals surface area (Å²) in [6.07, 6.45) is 2.25. The highest BCUT2D eigenvalue weighted by Gasteiger charge is 2.09. The van der Waals surface area contributed by atoms with E-state index in [2.05, 4.69) is 107 Å². The maximum absolute atomic E-state index is 10.9. The Morgan fingerprint density at radius 1 is 0.814 bits per heavy atom. The van der Waals surface area contributed by atoms with Crippen molar-refractivity contribution in [2.75, 3.05) is 12.4 Å². The van der Waals surface area contributed by atoms with Gasteiger partial charge in [-0.25, -0.2) is 4.79 Å². The second-order valence-corrected chi connectivity index (χ2v) is 12.9. The van der Waals surface area contributed by atoms with E-state index in [-0.39, 0.29) is 6.61 Å². The lowest BCUT2D eigenvalue weighted by Crippen LogP contribution is -2.10. The Hall–Kier alpha value is -3.73. The van der Waals surface area contributed by atoms with Crippen molar-refractivity contribution in [2.45, 2.75) is 9.32 Å². The Morgan fingerprint density at radius 2 is 1.40 bits per heavy atom. The maximum atomic E-state index is 10.9. The number of hydrogen-bond donors (Lipinski definition) is 1. The van der Waals surface area contributed by atoms with Crippen molar-refractivity contribution < 1.29 is 14.6 Å². The van der Waals surface area contributed by atoms with Crippen LogP contribution in [0.5, 0.6) is 5.75 Å². The molecule has 0 fully saturated rings. The summed E-state index contributed by atoms with van der Waals surface area (Å²) >= 11 is 7.28. The number of thiophene rings is 2. The van der Waals surface area contributed by atoms with Crippen LogP contribution >= 0.6 is 57.0 Å². The Bertz CT molecular complexity index is 1720. The van der Waals surface area contributed by atoms with Crippen LogP contribution in [0.15, 0.2) is 113 Å². The van der Waals surface area contributed by atoms with Gasteiger partial charge in [-0.1, -0.05) is 88.7 Å². The number of hydrogen-bond acceptors (Lipinski definition) is 5. The number of alkyl halides is 1. The van der Waals surface area contributed by atoms with Crippen LogP contribution in [-0.4, -0.2) is 23.4 Å². The number of thioether (sulfide) groups is 1. The number of rotatable bonds is 9. The smallest absolute Gasteiger partial charge is 0.341 e. The van der Waals surface area contributed by atoms with E-state index in [4.69, 9.17) is 9.84 Å². The summed E-state index contributed by atoms with van der Waals surface area (Å²) in [5, 5.41) is 13.0. The van der Waals surface area contributed by atoms with Gasteiger partial charge in [0.1, 0.15) is 5.75 Å². The number of benzene rings is 3. The Kier molecular flexibility index (Phi) is 11.2. The number of halogens is 1. The summed E-state index contributed by atoms with van der Waals surface area (Å²) < 4.78 is 6.18. The number of carbonyl (C=O) groups is 1. The lowest BCUT2D eigenvalue weighted by molar-refractivity contribution is -0.139. The monoisotopic (exact) mass is 728 g/mol. The summed E-state index contributed by atoms with van der Waals surface area (Å²) in [5.41, 5.74) is 6.30. The van der Waals surface area contributed by atoms with Crippen LogP contribution in [0.4, 0.5) is 0 Å². The second-order valence-electron chi connectivity index (χ2n) is 9.12. The molecule has 0 radical (unpaired) electrons. The van der Waals surface area contributed by atoms with E-state index in [0.717, 1.165) is 58.2 Å². The molecule has 2 heterocycles. The molecular weight excluding hydrogens is 703 g/mol. The molecule has 5 aromatic rings. The number of carboxylic acid groups (broad SMARTS) is 1. The normalized spacial score (nSPS) is 10.2. The van der Waals surface area contributed by atoms with Crippen molar-refractivity contribution in [3.05, 3.63) is 145 Å². The molecule has 5 rings (SSSR count). The van der Waals surface area contributed by atoms with Crippen LogP contribution in [0.1, 0.15) is 37.6 Å². The van der Waals surface area contributed by atoms with Crippen molar-refractivity contribution in [1.82, 2.24) is 0 Å². The summed E-state index contributed by atoms with van der Waals surface area (Å²) in [6.45, 7) is -0.348. The van der Waals surface area contributed by atoms with Gasteiger partial charge in [0, 0.05) is 31.8 Å². The maximum Gasteiger partial charge on any atom is 0.341 e. The molecule has 3 nitrogen and oxygen atoms in total. The summed E-state index contributed by atoms with van der Waals surface area (Å²) in [6, 6.07) is 30.8. The standard InChI is InChI=1S/C36H25IO3S3/c37-24-30-23-33(17-18-35(30)40-25-36(38)39)43-22-19-34(28-11-5-26(6-12-28)9-15-31-3-1-20-41-31)29-13-7-27(8-14-29)10-16-32-4-2-21-42-32/h1-8,11-14,17-21,23H,22,24-25H2,(H,38,39). The van der Waals surface area contributed by atoms with E-state index in [9.17, 15) is 4.79 Å². The van der Waals surface area contributed by atoms with Gasteiger partial charge in [0.05, 0.1) is 9.75 Å². The minimum absolute atomic E-state index is 0.348. The molecule has 0 amide bonds. The molecule has 0 saturated carbocycles. The third-order valence-corrected chi connectivity index (χ3v) is 9.47. The fraction of sp³-hybridized carbons (Fsp3) is 0.0833. The largest absolute Gasteiger partial charge is 0.482 e. The zero-order chi connectivity index (χ0) is 29.9. The predicted octanol–water partition coefficient (Wildman–Crippen LogP) is 9.23. The molecule has 7 heteroatoms. The Morgan fingerprint density at radius 3 is 1.88 bits per heavy atom. The van der Waals surface area contributed by atoms with Crippen LogP contribution < -0.4 is 4.74 Å². The van der Waals surface area contributed by atoms with Crippen molar-refractivity contribution in [1.29, 1.82) is 0 Å². The average Bonchev–Trinajstić information content (AvgIpc) is 3.76. The fourth-order valence-electron chi connectivity index (χ4n) is 4.09. The van der Waals surface area contributed by atoms with Crippen molar-refractivity contribution >= 4 is 68.6 Å². The number of carboxylic acids is 1. The predicted molar refractivity (Wildman–Crippen MR) is 189 cm³/mol. The van der Waals surface area contributed by atoms with Crippen LogP contribution in [0, 0.1) is 23.7 Å². The molecule has 0 saturated heterocycles. The molecule has 0 bridgehead atoms. The van der Waals surface area contributed by atoms with Crippen molar-refractivity contribution in [3.8, 4) is 29.4 Å². The fourth-order valence-corrected chi connectivity index (χ4v) is 6.66. The first-order valence-corrected chi connectivity index (χ1v) is 17.5. The van der Waals surface area contributed by atoms with Crippen molar-refractivity contribution in [2.24, 2.45) is 0 Å². The molecule has 0 spiro atoms.